The van der Waals surface area contributed by atoms with Crippen molar-refractivity contribution in [3.63, 3.8) is 0 Å². The van der Waals surface area contributed by atoms with Gasteiger partial charge in [0, 0.05) is 12.0 Å². The zero-order chi connectivity index (χ0) is 8.85. The maximum atomic E-state index is 10.2. The number of nitriles is 2. The zero-order valence-electron chi connectivity index (χ0n) is 5.74. The summed E-state index contributed by atoms with van der Waals surface area (Å²) in [6, 6.07) is 3.23. The van der Waals surface area contributed by atoms with Gasteiger partial charge in [-0.2, -0.15) is 10.5 Å². The van der Waals surface area contributed by atoms with E-state index in [0.29, 0.717) is 0 Å². The van der Waals surface area contributed by atoms with Gasteiger partial charge in [0.15, 0.2) is 0 Å². The molecule has 56 valence electrons. The van der Waals surface area contributed by atoms with Crippen molar-refractivity contribution in [1.82, 2.24) is 0 Å². The highest BCUT2D eigenvalue weighted by atomic mass is 16.4. The number of hydrogen-bond acceptors (Lipinski definition) is 3. The predicted octanol–water partition coefficient (Wildman–Crippen LogP) is 0.681. The molecule has 0 rings (SSSR count). The Kier molecular flexibility index (Phi) is 3.41. The van der Waals surface area contributed by atoms with Gasteiger partial charge in [-0.15, -0.1) is 0 Å². The monoisotopic (exact) mass is 150 g/mol. The minimum Gasteiger partial charge on any atom is -0.480 e. The molecule has 0 aliphatic carbocycles. The molecule has 0 heterocycles. The summed E-state index contributed by atoms with van der Waals surface area (Å²) in [5.74, 6) is -2.37. The highest BCUT2D eigenvalue weighted by molar-refractivity contribution is 5.73. The molecular weight excluding hydrogens is 144 g/mol. The number of allylic oxidation sites excluding steroid dienone is 1. The number of carbonyl (C=O) groups is 1. The summed E-state index contributed by atoms with van der Waals surface area (Å²) in [6.45, 7) is 3.27. The van der Waals surface area contributed by atoms with Gasteiger partial charge >= 0.3 is 5.97 Å². The van der Waals surface area contributed by atoms with Crippen LogP contribution in [0, 0.1) is 28.6 Å². The fourth-order valence-electron chi connectivity index (χ4n) is 0.480. The number of rotatable bonds is 3. The molecule has 0 aromatic carbocycles. The Bertz CT molecular complexity index is 257. The van der Waals surface area contributed by atoms with E-state index in [1.807, 2.05) is 0 Å². The van der Waals surface area contributed by atoms with E-state index in [1.165, 1.54) is 0 Å². The SMILES string of the molecule is C=C(C#N)CC(C#N)C(=O)O. The molecule has 1 unspecified atom stereocenters. The Balaban J connectivity index is 4.15. The van der Waals surface area contributed by atoms with Gasteiger partial charge in [-0.05, 0) is 0 Å². The van der Waals surface area contributed by atoms with Gasteiger partial charge in [-0.1, -0.05) is 6.58 Å². The standard InChI is InChI=1S/C7H6N2O2/c1-5(3-8)2-6(4-9)7(10)11/h6H,1-2H2,(H,10,11). The lowest BCUT2D eigenvalue weighted by atomic mass is 10.0. The quantitative estimate of drug-likeness (QED) is 0.599. The van der Waals surface area contributed by atoms with E-state index in [4.69, 9.17) is 15.6 Å². The molecule has 4 nitrogen and oxygen atoms in total. The van der Waals surface area contributed by atoms with Crippen molar-refractivity contribution in [2.45, 2.75) is 6.42 Å². The van der Waals surface area contributed by atoms with Crippen molar-refractivity contribution in [2.75, 3.05) is 0 Å². The number of nitrogens with zero attached hydrogens (tertiary/aromatic N) is 2. The number of aliphatic carboxylic acids is 1. The molecule has 1 atom stereocenters. The third-order valence-electron chi connectivity index (χ3n) is 1.06. The number of carboxylic acid groups (broad SMARTS) is 1. The van der Waals surface area contributed by atoms with Crippen molar-refractivity contribution in [2.24, 2.45) is 5.92 Å². The Morgan fingerprint density at radius 2 is 2.18 bits per heavy atom. The molecule has 0 bridgehead atoms. The largest absolute Gasteiger partial charge is 0.480 e. The molecular formula is C7H6N2O2. The van der Waals surface area contributed by atoms with Gasteiger partial charge in [0.05, 0.1) is 12.1 Å². The van der Waals surface area contributed by atoms with E-state index in [2.05, 4.69) is 6.58 Å². The fraction of sp³-hybridized carbons (Fsp3) is 0.286. The van der Waals surface area contributed by atoms with Gasteiger partial charge in [0.2, 0.25) is 0 Å². The summed E-state index contributed by atoms with van der Waals surface area (Å²) >= 11 is 0. The van der Waals surface area contributed by atoms with Gasteiger partial charge in [-0.3, -0.25) is 4.79 Å². The van der Waals surface area contributed by atoms with Crippen LogP contribution >= 0.6 is 0 Å². The summed E-state index contributed by atoms with van der Waals surface area (Å²) in [4.78, 5) is 10.2. The van der Waals surface area contributed by atoms with Gasteiger partial charge in [-0.25, -0.2) is 0 Å². The van der Waals surface area contributed by atoms with E-state index < -0.39 is 11.9 Å². The highest BCUT2D eigenvalue weighted by Gasteiger charge is 2.16. The average Bonchev–Trinajstić information content (AvgIpc) is 1.99. The second-order valence-corrected chi connectivity index (χ2v) is 1.94. The molecule has 0 saturated carbocycles. The third-order valence-corrected chi connectivity index (χ3v) is 1.06. The second kappa shape index (κ2) is 4.08. The molecule has 4 heteroatoms. The first-order valence-corrected chi connectivity index (χ1v) is 2.82. The van der Waals surface area contributed by atoms with Crippen LogP contribution < -0.4 is 0 Å². The van der Waals surface area contributed by atoms with Gasteiger partial charge < -0.3 is 5.11 Å². The fourth-order valence-corrected chi connectivity index (χ4v) is 0.480. The van der Waals surface area contributed by atoms with E-state index in [0.717, 1.165) is 0 Å². The minimum atomic E-state index is -1.22. The van der Waals surface area contributed by atoms with Crippen molar-refractivity contribution in [3.8, 4) is 12.1 Å². The maximum Gasteiger partial charge on any atom is 0.321 e. The van der Waals surface area contributed by atoms with Gasteiger partial charge in [0.1, 0.15) is 5.92 Å². The maximum absolute atomic E-state index is 10.2. The topological polar surface area (TPSA) is 84.9 Å². The van der Waals surface area contributed by atoms with Crippen molar-refractivity contribution < 1.29 is 9.90 Å². The minimum absolute atomic E-state index is 0.0949. The molecule has 0 saturated heterocycles. The van der Waals surface area contributed by atoms with E-state index in [9.17, 15) is 4.79 Å². The molecule has 0 radical (unpaired) electrons. The summed E-state index contributed by atoms with van der Waals surface area (Å²) < 4.78 is 0. The van der Waals surface area contributed by atoms with Crippen molar-refractivity contribution >= 4 is 5.97 Å². The van der Waals surface area contributed by atoms with Crippen LogP contribution in [-0.4, -0.2) is 11.1 Å². The lowest BCUT2D eigenvalue weighted by Crippen LogP contribution is -2.11. The Morgan fingerprint density at radius 1 is 1.64 bits per heavy atom. The smallest absolute Gasteiger partial charge is 0.321 e. The van der Waals surface area contributed by atoms with Crippen LogP contribution in [0.4, 0.5) is 0 Å². The molecule has 0 aromatic rings. The molecule has 0 aromatic heterocycles. The molecule has 0 aliphatic heterocycles. The van der Waals surface area contributed by atoms with Crippen LogP contribution in [0.2, 0.25) is 0 Å². The molecule has 1 N–H and O–H groups in total. The van der Waals surface area contributed by atoms with Gasteiger partial charge in [0.25, 0.3) is 0 Å². The van der Waals surface area contributed by atoms with E-state index >= 15 is 0 Å². The zero-order valence-corrected chi connectivity index (χ0v) is 5.74. The lowest BCUT2D eigenvalue weighted by molar-refractivity contribution is -0.139. The second-order valence-electron chi connectivity index (χ2n) is 1.94. The van der Waals surface area contributed by atoms with E-state index in [-0.39, 0.29) is 12.0 Å². The van der Waals surface area contributed by atoms with Crippen molar-refractivity contribution in [1.29, 1.82) is 10.5 Å². The summed E-state index contributed by atoms with van der Waals surface area (Å²) in [6.07, 6.45) is -0.0949. The number of hydrogen-bond donors (Lipinski definition) is 1. The average molecular weight is 150 g/mol. The molecule has 0 fully saturated rings. The summed E-state index contributed by atoms with van der Waals surface area (Å²) in [7, 11) is 0. The Labute approximate surface area is 64.0 Å². The van der Waals surface area contributed by atoms with Crippen LogP contribution in [0.15, 0.2) is 12.2 Å². The Morgan fingerprint density at radius 3 is 2.45 bits per heavy atom. The summed E-state index contributed by atoms with van der Waals surface area (Å²) in [5.41, 5.74) is 0.110. The summed E-state index contributed by atoms with van der Waals surface area (Å²) in [5, 5.41) is 24.8. The molecule has 0 spiro atoms. The normalized spacial score (nSPS) is 10.7. The van der Waals surface area contributed by atoms with Crippen LogP contribution in [0.5, 0.6) is 0 Å². The lowest BCUT2D eigenvalue weighted by Gasteiger charge is -1.98. The van der Waals surface area contributed by atoms with Crippen LogP contribution in [-0.2, 0) is 4.79 Å². The van der Waals surface area contributed by atoms with E-state index in [1.54, 1.807) is 12.1 Å². The van der Waals surface area contributed by atoms with Crippen molar-refractivity contribution in [3.05, 3.63) is 12.2 Å². The first-order chi connectivity index (χ1) is 5.11. The Hall–Kier alpha value is -1.81. The third kappa shape index (κ3) is 3.02. The highest BCUT2D eigenvalue weighted by Crippen LogP contribution is 2.08. The van der Waals surface area contributed by atoms with Crippen LogP contribution in [0.1, 0.15) is 6.42 Å². The number of carboxylic acids is 1. The molecule has 0 amide bonds. The predicted molar refractivity (Wildman–Crippen MR) is 36.1 cm³/mol. The first kappa shape index (κ1) is 9.19. The van der Waals surface area contributed by atoms with Crippen LogP contribution in [0.3, 0.4) is 0 Å². The first-order valence-electron chi connectivity index (χ1n) is 2.82. The molecule has 11 heavy (non-hydrogen) atoms. The van der Waals surface area contributed by atoms with Crippen LogP contribution in [0.25, 0.3) is 0 Å². The molecule has 0 aliphatic rings.